The first-order chi connectivity index (χ1) is 7.97. The Bertz CT molecular complexity index is 505. The molecule has 0 aliphatic rings. The van der Waals surface area contributed by atoms with E-state index in [2.05, 4.69) is 15.2 Å². The van der Waals surface area contributed by atoms with Crippen LogP contribution in [0.5, 0.6) is 0 Å². The first kappa shape index (κ1) is 12.8. The molecule has 2 aromatic rings. The number of hydrogen-bond donors (Lipinski definition) is 0. The van der Waals surface area contributed by atoms with E-state index in [9.17, 15) is 0 Å². The molecule has 0 saturated heterocycles. The van der Waals surface area contributed by atoms with Crippen LogP contribution in [-0.2, 0) is 3.79 Å². The van der Waals surface area contributed by atoms with Gasteiger partial charge in [-0.3, -0.25) is 0 Å². The fraction of sp³-hybridized carbons (Fsp3) is 0.100. The van der Waals surface area contributed by atoms with E-state index >= 15 is 0 Å². The van der Waals surface area contributed by atoms with Crippen LogP contribution in [0.3, 0.4) is 0 Å². The normalized spacial score (nSPS) is 11.5. The van der Waals surface area contributed by atoms with Gasteiger partial charge in [0.1, 0.15) is 5.69 Å². The number of alkyl halides is 3. The van der Waals surface area contributed by atoms with Crippen molar-refractivity contribution in [2.75, 3.05) is 0 Å². The lowest BCUT2D eigenvalue weighted by Gasteiger charge is -2.07. The smallest absolute Gasteiger partial charge is 0.233 e. The van der Waals surface area contributed by atoms with Crippen LogP contribution in [0.15, 0.2) is 30.5 Å². The zero-order valence-electron chi connectivity index (χ0n) is 8.24. The quantitative estimate of drug-likeness (QED) is 0.747. The molecular weight excluding hydrogens is 304 g/mol. The maximum Gasteiger partial charge on any atom is 0.251 e. The number of rotatable bonds is 1. The molecule has 0 aliphatic carbocycles. The number of hydrogen-bond acceptors (Lipinski definition) is 3. The lowest BCUT2D eigenvalue weighted by atomic mass is 10.2. The summed E-state index contributed by atoms with van der Waals surface area (Å²) < 4.78 is -1.66. The van der Waals surface area contributed by atoms with Gasteiger partial charge in [0.2, 0.25) is 5.82 Å². The van der Waals surface area contributed by atoms with Gasteiger partial charge < -0.3 is 0 Å². The first-order valence-corrected chi connectivity index (χ1v) is 6.01. The molecule has 0 spiro atoms. The molecule has 0 amide bonds. The molecular formula is C10H5Cl4N3. The molecule has 1 aromatic carbocycles. The van der Waals surface area contributed by atoms with Gasteiger partial charge in [0.15, 0.2) is 0 Å². The summed E-state index contributed by atoms with van der Waals surface area (Å²) in [6.45, 7) is 0. The van der Waals surface area contributed by atoms with E-state index in [1.165, 1.54) is 6.20 Å². The van der Waals surface area contributed by atoms with Crippen molar-refractivity contribution in [3.63, 3.8) is 0 Å². The maximum atomic E-state index is 5.78. The van der Waals surface area contributed by atoms with Gasteiger partial charge in [-0.05, 0) is 12.1 Å². The van der Waals surface area contributed by atoms with Gasteiger partial charge >= 0.3 is 0 Å². The van der Waals surface area contributed by atoms with Crippen LogP contribution >= 0.6 is 46.4 Å². The highest BCUT2D eigenvalue weighted by Crippen LogP contribution is 2.35. The minimum absolute atomic E-state index is 0.0419. The van der Waals surface area contributed by atoms with E-state index in [1.54, 1.807) is 12.1 Å². The SMILES string of the molecule is Clc1ccc(-c2cnc(C(Cl)(Cl)Cl)nn2)cc1. The Morgan fingerprint density at radius 1 is 0.941 bits per heavy atom. The molecule has 7 heteroatoms. The van der Waals surface area contributed by atoms with Gasteiger partial charge in [-0.15, -0.1) is 10.2 Å². The van der Waals surface area contributed by atoms with Gasteiger partial charge in [-0.25, -0.2) is 4.98 Å². The van der Waals surface area contributed by atoms with Gasteiger partial charge in [0, 0.05) is 10.6 Å². The zero-order chi connectivity index (χ0) is 12.5. The molecule has 0 aliphatic heterocycles. The molecule has 2 rings (SSSR count). The Morgan fingerprint density at radius 3 is 2.06 bits per heavy atom. The molecule has 88 valence electrons. The number of nitrogens with zero attached hydrogens (tertiary/aromatic N) is 3. The summed E-state index contributed by atoms with van der Waals surface area (Å²) in [6, 6.07) is 7.12. The van der Waals surface area contributed by atoms with Crippen molar-refractivity contribution >= 4 is 46.4 Å². The van der Waals surface area contributed by atoms with Crippen LogP contribution in [0, 0.1) is 0 Å². The molecule has 1 aromatic heterocycles. The van der Waals surface area contributed by atoms with Gasteiger partial charge in [0.05, 0.1) is 6.20 Å². The van der Waals surface area contributed by atoms with Crippen LogP contribution in [-0.4, -0.2) is 15.2 Å². The topological polar surface area (TPSA) is 38.7 Å². The van der Waals surface area contributed by atoms with Crippen LogP contribution < -0.4 is 0 Å². The lowest BCUT2D eigenvalue weighted by Crippen LogP contribution is -2.08. The summed E-state index contributed by atoms with van der Waals surface area (Å²) in [5.41, 5.74) is 1.42. The van der Waals surface area contributed by atoms with Crippen molar-refractivity contribution in [2.45, 2.75) is 3.79 Å². The van der Waals surface area contributed by atoms with Crippen molar-refractivity contribution in [3.8, 4) is 11.3 Å². The summed E-state index contributed by atoms with van der Waals surface area (Å²) in [5, 5.41) is 8.34. The average molecular weight is 309 g/mol. The van der Waals surface area contributed by atoms with Crippen molar-refractivity contribution in [2.24, 2.45) is 0 Å². The third kappa shape index (κ3) is 3.19. The maximum absolute atomic E-state index is 5.78. The van der Waals surface area contributed by atoms with E-state index in [0.717, 1.165) is 5.56 Å². The summed E-state index contributed by atoms with van der Waals surface area (Å²) in [6.07, 6.45) is 1.49. The molecule has 3 nitrogen and oxygen atoms in total. The fourth-order valence-corrected chi connectivity index (χ4v) is 1.54. The van der Waals surface area contributed by atoms with E-state index in [0.29, 0.717) is 10.7 Å². The standard InChI is InChI=1S/C10H5Cl4N3/c11-7-3-1-6(2-4-7)8-5-15-9(17-16-8)10(12,13)14/h1-5H. The molecule has 0 radical (unpaired) electrons. The lowest BCUT2D eigenvalue weighted by molar-refractivity contribution is 0.867. The van der Waals surface area contributed by atoms with Gasteiger partial charge in [0.25, 0.3) is 3.79 Å². The Hall–Kier alpha value is -0.610. The van der Waals surface area contributed by atoms with E-state index in [4.69, 9.17) is 46.4 Å². The van der Waals surface area contributed by atoms with Crippen LogP contribution in [0.2, 0.25) is 5.02 Å². The van der Waals surface area contributed by atoms with Crippen molar-refractivity contribution in [3.05, 3.63) is 41.3 Å². The van der Waals surface area contributed by atoms with Crippen molar-refractivity contribution in [1.82, 2.24) is 15.2 Å². The predicted octanol–water partition coefficient (Wildman–Crippen LogP) is 4.02. The van der Waals surface area contributed by atoms with E-state index in [1.807, 2.05) is 12.1 Å². The fourth-order valence-electron chi connectivity index (χ4n) is 1.16. The molecule has 0 N–H and O–H groups in total. The summed E-state index contributed by atoms with van der Waals surface area (Å²) in [7, 11) is 0. The van der Waals surface area contributed by atoms with Crippen LogP contribution in [0.25, 0.3) is 11.3 Å². The third-order valence-corrected chi connectivity index (χ3v) is 2.71. The monoisotopic (exact) mass is 307 g/mol. The summed E-state index contributed by atoms with van der Waals surface area (Å²) >= 11 is 22.7. The Balaban J connectivity index is 2.33. The van der Waals surface area contributed by atoms with Crippen molar-refractivity contribution in [1.29, 1.82) is 0 Å². The van der Waals surface area contributed by atoms with E-state index in [-0.39, 0.29) is 5.82 Å². The van der Waals surface area contributed by atoms with Crippen LogP contribution in [0.4, 0.5) is 0 Å². The van der Waals surface area contributed by atoms with Gasteiger partial charge in [-0.2, -0.15) is 0 Å². The van der Waals surface area contributed by atoms with Crippen molar-refractivity contribution < 1.29 is 0 Å². The Labute approximate surface area is 118 Å². The predicted molar refractivity (Wildman–Crippen MR) is 69.5 cm³/mol. The highest BCUT2D eigenvalue weighted by Gasteiger charge is 2.27. The Kier molecular flexibility index (Phi) is 3.73. The molecule has 17 heavy (non-hydrogen) atoms. The van der Waals surface area contributed by atoms with E-state index < -0.39 is 3.79 Å². The van der Waals surface area contributed by atoms with Gasteiger partial charge in [-0.1, -0.05) is 58.5 Å². The second-order valence-electron chi connectivity index (χ2n) is 3.17. The highest BCUT2D eigenvalue weighted by molar-refractivity contribution is 6.66. The summed E-state index contributed by atoms with van der Waals surface area (Å²) in [4.78, 5) is 3.95. The largest absolute Gasteiger partial charge is 0.251 e. The van der Waals surface area contributed by atoms with Crippen LogP contribution in [0.1, 0.15) is 5.82 Å². The highest BCUT2D eigenvalue weighted by atomic mass is 35.6. The minimum Gasteiger partial charge on any atom is -0.233 e. The Morgan fingerprint density at radius 2 is 1.59 bits per heavy atom. The summed E-state index contributed by atoms with van der Waals surface area (Å²) in [5.74, 6) is 0.0419. The minimum atomic E-state index is -1.66. The second-order valence-corrected chi connectivity index (χ2v) is 5.89. The second kappa shape index (κ2) is 4.94. The molecule has 0 fully saturated rings. The molecule has 0 saturated carbocycles. The average Bonchev–Trinajstić information content (AvgIpc) is 2.29. The number of aromatic nitrogens is 3. The number of halogens is 4. The zero-order valence-corrected chi connectivity index (χ0v) is 11.3. The molecule has 1 heterocycles. The molecule has 0 bridgehead atoms. The number of benzene rings is 1. The first-order valence-electron chi connectivity index (χ1n) is 4.49. The third-order valence-electron chi connectivity index (χ3n) is 1.96. The molecule has 0 unspecified atom stereocenters. The molecule has 0 atom stereocenters.